The molecule has 1 amide bonds. The minimum absolute atomic E-state index is 0.00896. The number of likely N-dealkylation sites (tertiary alicyclic amines) is 1. The van der Waals surface area contributed by atoms with Crippen molar-refractivity contribution in [3.63, 3.8) is 0 Å². The molecule has 2 bridgehead atoms. The summed E-state index contributed by atoms with van der Waals surface area (Å²) in [5, 5.41) is 11.1. The van der Waals surface area contributed by atoms with Gasteiger partial charge in [-0.2, -0.15) is 5.26 Å². The monoisotopic (exact) mass is 401 g/mol. The summed E-state index contributed by atoms with van der Waals surface area (Å²) in [6.07, 6.45) is 1.01. The quantitative estimate of drug-likeness (QED) is 0.658. The van der Waals surface area contributed by atoms with Crippen LogP contribution in [0.3, 0.4) is 0 Å². The van der Waals surface area contributed by atoms with Crippen LogP contribution < -0.4 is 5.56 Å². The molecule has 0 N–H and O–H groups in total. The van der Waals surface area contributed by atoms with E-state index < -0.39 is 0 Å². The standard InChI is InChI=1S/C23H19N3O2S/c24-11-15-3-1-4-17(9-15)19-6-7-20-18-10-16(13-26(20)22(19)27)12-25(14-18)23(28)21-5-2-8-29-21/h1-9,16,18H,10,12-14H2/t16-,18+/m0/s1. The van der Waals surface area contributed by atoms with Crippen molar-refractivity contribution in [1.29, 1.82) is 5.26 Å². The predicted octanol–water partition coefficient (Wildman–Crippen LogP) is 3.71. The third-order valence-electron chi connectivity index (χ3n) is 5.93. The SMILES string of the molecule is N#Cc1cccc(-c2ccc3n(c2=O)C[C@H]2C[C@@H]3CN(C(=O)c3cccs3)C2)c1. The van der Waals surface area contributed by atoms with E-state index in [9.17, 15) is 9.59 Å². The smallest absolute Gasteiger partial charge is 0.263 e. The Morgan fingerprint density at radius 2 is 2.00 bits per heavy atom. The third kappa shape index (κ3) is 3.08. The van der Waals surface area contributed by atoms with Crippen LogP contribution in [-0.2, 0) is 6.54 Å². The zero-order valence-corrected chi connectivity index (χ0v) is 16.6. The van der Waals surface area contributed by atoms with Crippen molar-refractivity contribution in [2.75, 3.05) is 13.1 Å². The second-order valence-corrected chi connectivity index (χ2v) is 8.71. The molecule has 144 valence electrons. The van der Waals surface area contributed by atoms with Gasteiger partial charge < -0.3 is 9.47 Å². The maximum atomic E-state index is 13.2. The van der Waals surface area contributed by atoms with Gasteiger partial charge in [-0.05, 0) is 53.6 Å². The molecule has 2 aromatic heterocycles. The highest BCUT2D eigenvalue weighted by molar-refractivity contribution is 7.12. The van der Waals surface area contributed by atoms with Crippen molar-refractivity contribution in [2.24, 2.45) is 5.92 Å². The summed E-state index contributed by atoms with van der Waals surface area (Å²) in [5.41, 5.74) is 2.94. The van der Waals surface area contributed by atoms with Gasteiger partial charge in [-0.15, -0.1) is 11.3 Å². The fraction of sp³-hybridized carbons (Fsp3) is 0.261. The number of carbonyl (C=O) groups is 1. The summed E-state index contributed by atoms with van der Waals surface area (Å²) in [5.74, 6) is 0.553. The maximum absolute atomic E-state index is 13.2. The number of nitriles is 1. The van der Waals surface area contributed by atoms with Gasteiger partial charge in [0.05, 0.1) is 16.5 Å². The van der Waals surface area contributed by atoms with Gasteiger partial charge in [-0.3, -0.25) is 9.59 Å². The predicted molar refractivity (Wildman–Crippen MR) is 112 cm³/mol. The Morgan fingerprint density at radius 3 is 2.79 bits per heavy atom. The van der Waals surface area contributed by atoms with Gasteiger partial charge in [0.2, 0.25) is 0 Å². The lowest BCUT2D eigenvalue weighted by molar-refractivity contribution is 0.0599. The van der Waals surface area contributed by atoms with Gasteiger partial charge >= 0.3 is 0 Å². The zero-order chi connectivity index (χ0) is 20.0. The van der Waals surface area contributed by atoms with Crippen LogP contribution in [0, 0.1) is 17.2 Å². The first-order valence-corrected chi connectivity index (χ1v) is 10.6. The molecule has 29 heavy (non-hydrogen) atoms. The number of rotatable bonds is 2. The summed E-state index contributed by atoms with van der Waals surface area (Å²) in [6.45, 7) is 1.97. The number of piperidine rings is 1. The van der Waals surface area contributed by atoms with E-state index in [0.717, 1.165) is 22.6 Å². The number of nitrogens with zero attached hydrogens (tertiary/aromatic N) is 3. The van der Waals surface area contributed by atoms with Crippen molar-refractivity contribution in [3.8, 4) is 17.2 Å². The summed E-state index contributed by atoms with van der Waals surface area (Å²) in [6, 6.07) is 17.0. The van der Waals surface area contributed by atoms with E-state index in [1.165, 1.54) is 11.3 Å². The van der Waals surface area contributed by atoms with Crippen LogP contribution in [0.2, 0.25) is 0 Å². The number of thiophene rings is 1. The molecule has 1 aromatic carbocycles. The Morgan fingerprint density at radius 1 is 1.10 bits per heavy atom. The molecule has 4 heterocycles. The highest BCUT2D eigenvalue weighted by Crippen LogP contribution is 2.36. The Kier molecular flexibility index (Phi) is 4.33. The van der Waals surface area contributed by atoms with Crippen LogP contribution in [-0.4, -0.2) is 28.5 Å². The second-order valence-electron chi connectivity index (χ2n) is 7.77. The number of hydrogen-bond donors (Lipinski definition) is 0. The minimum Gasteiger partial charge on any atom is -0.337 e. The fourth-order valence-electron chi connectivity index (χ4n) is 4.64. The number of aromatic nitrogens is 1. The Labute approximate surface area is 172 Å². The molecular weight excluding hydrogens is 382 g/mol. The van der Waals surface area contributed by atoms with E-state index in [2.05, 4.69) is 6.07 Å². The van der Waals surface area contributed by atoms with Gasteiger partial charge in [-0.1, -0.05) is 18.2 Å². The third-order valence-corrected chi connectivity index (χ3v) is 6.78. The number of hydrogen-bond acceptors (Lipinski definition) is 4. The summed E-state index contributed by atoms with van der Waals surface area (Å²) < 4.78 is 1.89. The van der Waals surface area contributed by atoms with Gasteiger partial charge in [0.1, 0.15) is 0 Å². The van der Waals surface area contributed by atoms with Crippen LogP contribution in [0.4, 0.5) is 0 Å². The number of carbonyl (C=O) groups excluding carboxylic acids is 1. The first kappa shape index (κ1) is 17.9. The summed E-state index contributed by atoms with van der Waals surface area (Å²) in [7, 11) is 0. The molecule has 2 aliphatic rings. The molecule has 0 unspecified atom stereocenters. The summed E-state index contributed by atoms with van der Waals surface area (Å²) in [4.78, 5) is 28.8. The molecule has 0 spiro atoms. The van der Waals surface area contributed by atoms with Crippen LogP contribution in [0.15, 0.2) is 58.7 Å². The zero-order valence-electron chi connectivity index (χ0n) is 15.7. The Hall–Kier alpha value is -3.17. The Balaban J connectivity index is 1.49. The molecule has 0 saturated carbocycles. The van der Waals surface area contributed by atoms with Crippen molar-refractivity contribution >= 4 is 17.2 Å². The van der Waals surface area contributed by atoms with Gasteiger partial charge in [0, 0.05) is 36.8 Å². The second kappa shape index (κ2) is 7.02. The number of amides is 1. The van der Waals surface area contributed by atoms with Crippen molar-refractivity contribution < 1.29 is 4.79 Å². The maximum Gasteiger partial charge on any atom is 0.263 e. The van der Waals surface area contributed by atoms with Crippen molar-refractivity contribution in [1.82, 2.24) is 9.47 Å². The van der Waals surface area contributed by atoms with E-state index >= 15 is 0 Å². The lowest BCUT2D eigenvalue weighted by atomic mass is 9.82. The molecule has 1 saturated heterocycles. The van der Waals surface area contributed by atoms with E-state index in [-0.39, 0.29) is 23.3 Å². The van der Waals surface area contributed by atoms with Gasteiger partial charge in [-0.25, -0.2) is 0 Å². The largest absolute Gasteiger partial charge is 0.337 e. The van der Waals surface area contributed by atoms with Gasteiger partial charge in [0.15, 0.2) is 0 Å². The fourth-order valence-corrected chi connectivity index (χ4v) is 5.33. The molecule has 2 aliphatic heterocycles. The number of fused-ring (bicyclic) bond motifs is 4. The minimum atomic E-state index is -0.00896. The molecular formula is C23H19N3O2S. The van der Waals surface area contributed by atoms with Gasteiger partial charge in [0.25, 0.3) is 11.5 Å². The average molecular weight is 401 g/mol. The topological polar surface area (TPSA) is 66.1 Å². The highest BCUT2D eigenvalue weighted by atomic mass is 32.1. The van der Waals surface area contributed by atoms with E-state index in [1.54, 1.807) is 18.2 Å². The van der Waals surface area contributed by atoms with Crippen LogP contribution in [0.1, 0.15) is 33.3 Å². The molecule has 2 atom stereocenters. The first-order valence-electron chi connectivity index (χ1n) is 9.71. The van der Waals surface area contributed by atoms with Crippen LogP contribution in [0.5, 0.6) is 0 Å². The molecule has 6 heteroatoms. The molecule has 3 aromatic rings. The van der Waals surface area contributed by atoms with Crippen LogP contribution in [0.25, 0.3) is 11.1 Å². The normalized spacial score (nSPS) is 20.0. The Bertz CT molecular complexity index is 1190. The lowest BCUT2D eigenvalue weighted by Gasteiger charge is -2.42. The number of benzene rings is 1. The molecule has 5 nitrogen and oxygen atoms in total. The van der Waals surface area contributed by atoms with Crippen molar-refractivity contribution in [3.05, 3.63) is 80.4 Å². The molecule has 0 aliphatic carbocycles. The van der Waals surface area contributed by atoms with E-state index in [4.69, 9.17) is 5.26 Å². The summed E-state index contributed by atoms with van der Waals surface area (Å²) >= 11 is 1.47. The molecule has 5 rings (SSSR count). The van der Waals surface area contributed by atoms with E-state index in [0.29, 0.717) is 30.8 Å². The average Bonchev–Trinajstić information content (AvgIpc) is 3.29. The molecule has 0 radical (unpaired) electrons. The first-order chi connectivity index (χ1) is 14.1. The molecule has 1 fully saturated rings. The number of pyridine rings is 1. The van der Waals surface area contributed by atoms with E-state index in [1.807, 2.05) is 45.2 Å². The highest BCUT2D eigenvalue weighted by Gasteiger charge is 2.37. The lowest BCUT2D eigenvalue weighted by Crippen LogP contribution is -2.49. The van der Waals surface area contributed by atoms with Crippen LogP contribution >= 0.6 is 11.3 Å². The van der Waals surface area contributed by atoms with Crippen molar-refractivity contribution in [2.45, 2.75) is 18.9 Å².